The van der Waals surface area contributed by atoms with Gasteiger partial charge in [0.05, 0.1) is 23.8 Å². The first kappa shape index (κ1) is 16.8. The molecule has 0 radical (unpaired) electrons. The van der Waals surface area contributed by atoms with Crippen LogP contribution >= 0.6 is 15.9 Å². The number of methoxy groups -OCH3 is 1. The van der Waals surface area contributed by atoms with Gasteiger partial charge in [0.25, 0.3) is 0 Å². The molecular weight excluding hydrogens is 354 g/mol. The van der Waals surface area contributed by atoms with Crippen LogP contribution in [0.25, 0.3) is 0 Å². The normalized spacial score (nSPS) is 21.8. The van der Waals surface area contributed by atoms with E-state index in [1.807, 2.05) is 6.20 Å². The number of aromatic nitrogens is 2. The minimum Gasteiger partial charge on any atom is -0.467 e. The Labute approximate surface area is 137 Å². The monoisotopic (exact) mass is 373 g/mol. The fraction of sp³-hybridized carbons (Fsp3) is 0.643. The SMILES string of the molecule is COC(=O)C1CC(n2cc(Br)cn2)CN1C(=O)OC(C)(C)C. The molecule has 0 saturated carbocycles. The second kappa shape index (κ2) is 6.28. The summed E-state index contributed by atoms with van der Waals surface area (Å²) in [6, 6.07) is -0.754. The Morgan fingerprint density at radius 2 is 2.09 bits per heavy atom. The van der Waals surface area contributed by atoms with Crippen molar-refractivity contribution in [3.63, 3.8) is 0 Å². The Bertz CT molecular complexity index is 567. The van der Waals surface area contributed by atoms with Crippen LogP contribution < -0.4 is 0 Å². The van der Waals surface area contributed by atoms with E-state index >= 15 is 0 Å². The van der Waals surface area contributed by atoms with Crippen molar-refractivity contribution in [2.75, 3.05) is 13.7 Å². The smallest absolute Gasteiger partial charge is 0.411 e. The van der Waals surface area contributed by atoms with Crippen molar-refractivity contribution in [3.8, 4) is 0 Å². The fourth-order valence-corrected chi connectivity index (χ4v) is 2.70. The maximum atomic E-state index is 12.3. The summed E-state index contributed by atoms with van der Waals surface area (Å²) in [5.74, 6) is -0.445. The summed E-state index contributed by atoms with van der Waals surface area (Å²) in [6.45, 7) is 5.71. The van der Waals surface area contributed by atoms with Gasteiger partial charge in [-0.1, -0.05) is 0 Å². The third kappa shape index (κ3) is 3.79. The largest absolute Gasteiger partial charge is 0.467 e. The molecule has 7 nitrogen and oxygen atoms in total. The van der Waals surface area contributed by atoms with Gasteiger partial charge >= 0.3 is 12.1 Å². The van der Waals surface area contributed by atoms with Crippen molar-refractivity contribution < 1.29 is 19.1 Å². The summed E-state index contributed by atoms with van der Waals surface area (Å²) in [6.07, 6.45) is 3.41. The molecule has 1 aromatic rings. The van der Waals surface area contributed by atoms with Crippen LogP contribution in [0.5, 0.6) is 0 Å². The number of ether oxygens (including phenoxy) is 2. The van der Waals surface area contributed by atoms with Crippen LogP contribution in [0.3, 0.4) is 0 Å². The van der Waals surface area contributed by atoms with Crippen LogP contribution in [0.2, 0.25) is 0 Å². The van der Waals surface area contributed by atoms with Crippen molar-refractivity contribution in [2.45, 2.75) is 44.9 Å². The van der Waals surface area contributed by atoms with E-state index in [0.717, 1.165) is 4.47 Å². The molecule has 0 aromatic carbocycles. The van der Waals surface area contributed by atoms with Crippen LogP contribution in [0.15, 0.2) is 16.9 Å². The van der Waals surface area contributed by atoms with Crippen molar-refractivity contribution in [1.82, 2.24) is 14.7 Å². The Balaban J connectivity index is 2.18. The van der Waals surface area contributed by atoms with Crippen LogP contribution in [-0.4, -0.2) is 52.0 Å². The van der Waals surface area contributed by atoms with Crippen LogP contribution in [0.4, 0.5) is 4.79 Å². The van der Waals surface area contributed by atoms with Gasteiger partial charge in [-0.25, -0.2) is 9.59 Å². The molecule has 0 N–H and O–H groups in total. The molecule has 1 aromatic heterocycles. The minimum absolute atomic E-state index is 0.0945. The maximum Gasteiger partial charge on any atom is 0.411 e. The Kier molecular flexibility index (Phi) is 4.79. The van der Waals surface area contributed by atoms with E-state index < -0.39 is 23.7 Å². The summed E-state index contributed by atoms with van der Waals surface area (Å²) in [5.41, 5.74) is -0.620. The van der Waals surface area contributed by atoms with Crippen LogP contribution in [0.1, 0.15) is 33.2 Å². The molecule has 1 amide bonds. The highest BCUT2D eigenvalue weighted by molar-refractivity contribution is 9.10. The van der Waals surface area contributed by atoms with Gasteiger partial charge < -0.3 is 9.47 Å². The van der Waals surface area contributed by atoms with Gasteiger partial charge in [-0.3, -0.25) is 9.58 Å². The average Bonchev–Trinajstić information content (AvgIpc) is 3.01. The summed E-state index contributed by atoms with van der Waals surface area (Å²) in [4.78, 5) is 25.7. The summed E-state index contributed by atoms with van der Waals surface area (Å²) < 4.78 is 12.8. The molecule has 2 heterocycles. The second-order valence-corrected chi connectivity index (χ2v) is 7.12. The molecule has 22 heavy (non-hydrogen) atoms. The second-order valence-electron chi connectivity index (χ2n) is 6.20. The molecule has 0 spiro atoms. The first-order valence-electron chi connectivity index (χ1n) is 6.98. The molecule has 2 unspecified atom stereocenters. The zero-order valence-electron chi connectivity index (χ0n) is 13.1. The Morgan fingerprint density at radius 3 is 2.59 bits per heavy atom. The zero-order valence-corrected chi connectivity index (χ0v) is 14.7. The summed E-state index contributed by atoms with van der Waals surface area (Å²) in [7, 11) is 1.31. The van der Waals surface area contributed by atoms with E-state index in [0.29, 0.717) is 13.0 Å². The molecule has 0 bridgehead atoms. The van der Waals surface area contributed by atoms with E-state index in [4.69, 9.17) is 9.47 Å². The minimum atomic E-state index is -0.659. The number of halogens is 1. The van der Waals surface area contributed by atoms with Gasteiger partial charge in [-0.05, 0) is 36.7 Å². The fourth-order valence-electron chi connectivity index (χ4n) is 2.40. The third-order valence-corrected chi connectivity index (χ3v) is 3.73. The van der Waals surface area contributed by atoms with E-state index in [1.54, 1.807) is 31.6 Å². The van der Waals surface area contributed by atoms with Gasteiger partial charge in [0, 0.05) is 19.2 Å². The van der Waals surface area contributed by atoms with Crippen LogP contribution in [-0.2, 0) is 14.3 Å². The first-order chi connectivity index (χ1) is 10.2. The molecule has 122 valence electrons. The molecule has 1 aliphatic rings. The highest BCUT2D eigenvalue weighted by atomic mass is 79.9. The zero-order chi connectivity index (χ0) is 16.5. The predicted octanol–water partition coefficient (Wildman–Crippen LogP) is 2.37. The lowest BCUT2D eigenvalue weighted by molar-refractivity contribution is -0.145. The van der Waals surface area contributed by atoms with Gasteiger partial charge in [-0.15, -0.1) is 0 Å². The average molecular weight is 374 g/mol. The lowest BCUT2D eigenvalue weighted by Gasteiger charge is -2.27. The van der Waals surface area contributed by atoms with Gasteiger partial charge in [-0.2, -0.15) is 5.10 Å². The standard InChI is InChI=1S/C14H20BrN3O4/c1-14(2,3)22-13(20)17-8-10(5-11(17)12(19)21-4)18-7-9(15)6-16-18/h6-7,10-11H,5,8H2,1-4H3. The number of rotatable bonds is 2. The van der Waals surface area contributed by atoms with E-state index in [1.165, 1.54) is 12.0 Å². The number of hydrogen-bond acceptors (Lipinski definition) is 5. The van der Waals surface area contributed by atoms with Crippen molar-refractivity contribution in [1.29, 1.82) is 0 Å². The lowest BCUT2D eigenvalue weighted by Crippen LogP contribution is -2.43. The number of carbonyl (C=O) groups excluding carboxylic acids is 2. The Morgan fingerprint density at radius 1 is 1.41 bits per heavy atom. The molecule has 8 heteroatoms. The van der Waals surface area contributed by atoms with Gasteiger partial charge in [0.1, 0.15) is 11.6 Å². The molecule has 2 rings (SSSR count). The highest BCUT2D eigenvalue weighted by Crippen LogP contribution is 2.30. The van der Waals surface area contributed by atoms with Crippen molar-refractivity contribution in [2.24, 2.45) is 0 Å². The topological polar surface area (TPSA) is 73.7 Å². The first-order valence-corrected chi connectivity index (χ1v) is 7.77. The molecule has 2 atom stereocenters. The molecule has 1 fully saturated rings. The van der Waals surface area contributed by atoms with Crippen molar-refractivity contribution >= 4 is 28.0 Å². The highest BCUT2D eigenvalue weighted by Gasteiger charge is 2.43. The van der Waals surface area contributed by atoms with E-state index in [2.05, 4.69) is 21.0 Å². The molecule has 0 aliphatic carbocycles. The number of amides is 1. The number of likely N-dealkylation sites (tertiary alicyclic amines) is 1. The number of esters is 1. The predicted molar refractivity (Wildman–Crippen MR) is 82.3 cm³/mol. The lowest BCUT2D eigenvalue weighted by atomic mass is 10.2. The molecule has 1 aliphatic heterocycles. The van der Waals surface area contributed by atoms with Gasteiger partial charge in [0.15, 0.2) is 0 Å². The molecular formula is C14H20BrN3O4. The molecule has 1 saturated heterocycles. The van der Waals surface area contributed by atoms with E-state index in [9.17, 15) is 9.59 Å². The number of hydrogen-bond donors (Lipinski definition) is 0. The quantitative estimate of drug-likeness (QED) is 0.744. The summed E-state index contributed by atoms with van der Waals surface area (Å²) in [5, 5.41) is 4.22. The Hall–Kier alpha value is -1.57. The number of carbonyl (C=O) groups is 2. The summed E-state index contributed by atoms with van der Waals surface area (Å²) >= 11 is 3.34. The maximum absolute atomic E-state index is 12.3. The van der Waals surface area contributed by atoms with Crippen molar-refractivity contribution in [3.05, 3.63) is 16.9 Å². The number of nitrogens with zero attached hydrogens (tertiary/aromatic N) is 3. The van der Waals surface area contributed by atoms with E-state index in [-0.39, 0.29) is 6.04 Å². The van der Waals surface area contributed by atoms with Gasteiger partial charge in [0.2, 0.25) is 0 Å². The third-order valence-electron chi connectivity index (χ3n) is 3.32. The van der Waals surface area contributed by atoms with Crippen LogP contribution in [0, 0.1) is 0 Å².